The lowest BCUT2D eigenvalue weighted by Crippen LogP contribution is -2.09. The van der Waals surface area contributed by atoms with Crippen molar-refractivity contribution in [2.75, 3.05) is 24.7 Å². The van der Waals surface area contributed by atoms with E-state index >= 15 is 0 Å². The van der Waals surface area contributed by atoms with Crippen molar-refractivity contribution in [2.24, 2.45) is 0 Å². The molecule has 6 aromatic rings. The number of hydrogen-bond acceptors (Lipinski definition) is 4. The zero-order valence-corrected chi connectivity index (χ0v) is 59.8. The van der Waals surface area contributed by atoms with Gasteiger partial charge in [0.05, 0.1) is 19.8 Å². The number of ether oxygens (including phenoxy) is 3. The average Bonchev–Trinajstić information content (AvgIpc) is 1.03. The third-order valence-electron chi connectivity index (χ3n) is 18.8. The maximum atomic E-state index is 6.15. The second-order valence-corrected chi connectivity index (χ2v) is 27.2. The molecule has 0 amide bonds. The fraction of sp³-hybridized carbons (Fsp3) is 0.533. The first-order valence-corrected chi connectivity index (χ1v) is 38.9. The summed E-state index contributed by atoms with van der Waals surface area (Å²) in [5.41, 5.74) is 10.2. The number of hydrogen-bond donors (Lipinski definition) is 0. The van der Waals surface area contributed by atoms with Crippen molar-refractivity contribution in [3.05, 3.63) is 179 Å². The van der Waals surface area contributed by atoms with Crippen LogP contribution in [0.5, 0.6) is 17.2 Å². The summed E-state index contributed by atoms with van der Waals surface area (Å²) in [6.45, 7) is 9.25. The average molecular weight is 1270 g/mol. The van der Waals surface area contributed by atoms with E-state index < -0.39 is 0 Å². The molecule has 0 fully saturated rings. The van der Waals surface area contributed by atoms with E-state index in [1.807, 2.05) is 0 Å². The molecular weight excluding hydrogens is 1140 g/mol. The van der Waals surface area contributed by atoms with E-state index in [1.165, 1.54) is 250 Å². The lowest BCUT2D eigenvalue weighted by Gasteiger charge is -2.26. The molecule has 0 saturated heterocycles. The molecule has 0 unspecified atom stereocenters. The van der Waals surface area contributed by atoms with E-state index in [9.17, 15) is 0 Å². The van der Waals surface area contributed by atoms with Gasteiger partial charge in [-0.2, -0.15) is 0 Å². The second-order valence-electron chi connectivity index (χ2n) is 27.2. The molecule has 4 heteroatoms. The number of nitrogens with zero attached hydrogens (tertiary/aromatic N) is 1. The van der Waals surface area contributed by atoms with Gasteiger partial charge in [0.2, 0.25) is 0 Å². The van der Waals surface area contributed by atoms with Gasteiger partial charge in [-0.25, -0.2) is 0 Å². The molecule has 0 radical (unpaired) electrons. The number of anilines is 3. The number of benzene rings is 6. The highest BCUT2D eigenvalue weighted by atomic mass is 16.5. The minimum atomic E-state index is 0.787. The quantitative estimate of drug-likeness (QED) is 0.0281. The molecule has 0 heterocycles. The first kappa shape index (κ1) is 76.8. The molecule has 0 aliphatic heterocycles. The van der Waals surface area contributed by atoms with E-state index in [-0.39, 0.29) is 0 Å². The van der Waals surface area contributed by atoms with Crippen LogP contribution in [0, 0.1) is 0 Å². The maximum Gasteiger partial charge on any atom is 0.119 e. The van der Waals surface area contributed by atoms with Crippen LogP contribution in [0.3, 0.4) is 0 Å². The van der Waals surface area contributed by atoms with E-state index in [4.69, 9.17) is 14.2 Å². The Kier molecular flexibility index (Phi) is 42.5. The summed E-state index contributed by atoms with van der Waals surface area (Å²) in [6, 6.07) is 52.3. The highest BCUT2D eigenvalue weighted by Crippen LogP contribution is 2.36. The van der Waals surface area contributed by atoms with Crippen molar-refractivity contribution in [3.63, 3.8) is 0 Å². The van der Waals surface area contributed by atoms with Gasteiger partial charge in [0, 0.05) is 17.1 Å². The summed E-state index contributed by atoms with van der Waals surface area (Å²) in [5.74, 6) is 2.85. The van der Waals surface area contributed by atoms with E-state index in [1.54, 1.807) is 0 Å². The molecular formula is C90H129NO3. The molecule has 4 nitrogen and oxygen atoms in total. The predicted molar refractivity (Wildman–Crippen MR) is 415 cm³/mol. The van der Waals surface area contributed by atoms with Gasteiger partial charge >= 0.3 is 0 Å². The zero-order valence-electron chi connectivity index (χ0n) is 59.8. The molecule has 94 heavy (non-hydrogen) atoms. The fourth-order valence-electron chi connectivity index (χ4n) is 12.7. The minimum absolute atomic E-state index is 0.787. The van der Waals surface area contributed by atoms with E-state index in [2.05, 4.69) is 208 Å². The van der Waals surface area contributed by atoms with Crippen molar-refractivity contribution in [1.82, 2.24) is 0 Å². The number of unbranched alkanes of at least 4 members (excludes halogenated alkanes) is 39. The summed E-state index contributed by atoms with van der Waals surface area (Å²) in [4.78, 5) is 2.35. The van der Waals surface area contributed by atoms with Gasteiger partial charge < -0.3 is 19.1 Å². The van der Waals surface area contributed by atoms with Crippen molar-refractivity contribution in [1.29, 1.82) is 0 Å². The van der Waals surface area contributed by atoms with Gasteiger partial charge in [-0.3, -0.25) is 0 Å². The van der Waals surface area contributed by atoms with Gasteiger partial charge in [0.1, 0.15) is 17.2 Å². The molecule has 0 aliphatic carbocycles. The molecule has 0 atom stereocenters. The highest BCUT2D eigenvalue weighted by molar-refractivity contribution is 5.80. The van der Waals surface area contributed by atoms with Gasteiger partial charge in [-0.05, 0) is 125 Å². The summed E-state index contributed by atoms with van der Waals surface area (Å²) < 4.78 is 18.4. The standard InChI is InChI=1S/C90H129NO3/c1-4-7-10-13-16-19-22-25-28-31-34-37-40-43-76-92-88-70-58-82(59-71-88)49-46-79-52-64-85(65-53-79)91(86-66-54-80(55-67-86)47-50-83-60-72-89(73-61-83)93-77-44-41-38-35-32-29-26-23-20-17-14-11-8-5-2)87-68-56-81(57-69-87)48-51-84-62-74-90(75-63-84)94-78-45-42-39-36-33-30-27-24-21-18-15-12-9-6-3/h46-75H,4-45,76-78H2,1-3H3/b49-46+,50-47+,51-48+. The second kappa shape index (κ2) is 52.0. The lowest BCUT2D eigenvalue weighted by atomic mass is 10.0. The molecule has 0 bridgehead atoms. The summed E-state index contributed by atoms with van der Waals surface area (Å²) >= 11 is 0. The first-order valence-electron chi connectivity index (χ1n) is 38.9. The molecule has 6 rings (SSSR count). The van der Waals surface area contributed by atoms with Crippen molar-refractivity contribution < 1.29 is 14.2 Å². The Bertz CT molecular complexity index is 2500. The van der Waals surface area contributed by atoms with Crippen LogP contribution < -0.4 is 19.1 Å². The van der Waals surface area contributed by atoms with E-state index in [0.717, 1.165) is 107 Å². The van der Waals surface area contributed by atoms with Crippen LogP contribution in [0.2, 0.25) is 0 Å². The molecule has 0 N–H and O–H groups in total. The van der Waals surface area contributed by atoms with Crippen LogP contribution >= 0.6 is 0 Å². The molecule has 0 aromatic heterocycles. The van der Waals surface area contributed by atoms with E-state index in [0.29, 0.717) is 0 Å². The summed E-state index contributed by atoms with van der Waals surface area (Å²) in [6.07, 6.45) is 70.6. The Morgan fingerprint density at radius 3 is 0.511 bits per heavy atom. The maximum absolute atomic E-state index is 6.15. The smallest absolute Gasteiger partial charge is 0.119 e. The molecule has 0 saturated carbocycles. The third-order valence-corrected chi connectivity index (χ3v) is 18.8. The Morgan fingerprint density at radius 2 is 0.340 bits per heavy atom. The topological polar surface area (TPSA) is 30.9 Å². The lowest BCUT2D eigenvalue weighted by molar-refractivity contribution is 0.304. The molecule has 0 aliphatic rings. The monoisotopic (exact) mass is 1270 g/mol. The van der Waals surface area contributed by atoms with Crippen LogP contribution in [-0.2, 0) is 0 Å². The Hall–Kier alpha value is -6.26. The van der Waals surface area contributed by atoms with Crippen LogP contribution in [-0.4, -0.2) is 19.8 Å². The SMILES string of the molecule is CCCCCCCCCCCCCCCCOc1ccc(/C=C/c2ccc(N(c3ccc(/C=C/c4ccc(OCCCCCCCCCCCCCCCC)cc4)cc3)c3ccc(/C=C/c4ccc(OCCCCCCCCCCCCCCCC)cc4)cc3)cc2)cc1. The van der Waals surface area contributed by atoms with Gasteiger partial charge in [-0.1, -0.05) is 380 Å². The Balaban J connectivity index is 0.963. The first-order chi connectivity index (χ1) is 46.6. The van der Waals surface area contributed by atoms with Crippen LogP contribution in [0.15, 0.2) is 146 Å². The Morgan fingerprint density at radius 1 is 0.191 bits per heavy atom. The molecule has 6 aromatic carbocycles. The fourth-order valence-corrected chi connectivity index (χ4v) is 12.7. The number of rotatable bonds is 57. The van der Waals surface area contributed by atoms with Gasteiger partial charge in [0.25, 0.3) is 0 Å². The molecule has 0 spiro atoms. The third kappa shape index (κ3) is 35.5. The largest absolute Gasteiger partial charge is 0.494 e. The minimum Gasteiger partial charge on any atom is -0.494 e. The van der Waals surface area contributed by atoms with Gasteiger partial charge in [0.15, 0.2) is 0 Å². The van der Waals surface area contributed by atoms with Crippen molar-refractivity contribution >= 4 is 53.5 Å². The van der Waals surface area contributed by atoms with Gasteiger partial charge in [-0.15, -0.1) is 0 Å². The predicted octanol–water partition coefficient (Wildman–Crippen LogP) is 29.2. The van der Waals surface area contributed by atoms with Crippen molar-refractivity contribution in [2.45, 2.75) is 290 Å². The summed E-state index contributed by atoms with van der Waals surface area (Å²) in [7, 11) is 0. The normalized spacial score (nSPS) is 11.6. The van der Waals surface area contributed by atoms with Crippen LogP contribution in [0.4, 0.5) is 17.1 Å². The van der Waals surface area contributed by atoms with Crippen LogP contribution in [0.25, 0.3) is 36.5 Å². The summed E-state index contributed by atoms with van der Waals surface area (Å²) in [5, 5.41) is 0. The van der Waals surface area contributed by atoms with Crippen LogP contribution in [0.1, 0.15) is 324 Å². The zero-order chi connectivity index (χ0) is 65.7. The van der Waals surface area contributed by atoms with Crippen molar-refractivity contribution in [3.8, 4) is 17.2 Å². The Labute approximate surface area is 575 Å². The molecule has 512 valence electrons. The highest BCUT2D eigenvalue weighted by Gasteiger charge is 2.13.